The van der Waals surface area contributed by atoms with E-state index in [9.17, 15) is 9.18 Å². The molecular weight excluding hydrogens is 335 g/mol. The van der Waals surface area contributed by atoms with Crippen LogP contribution in [0.25, 0.3) is 22.2 Å². The van der Waals surface area contributed by atoms with Gasteiger partial charge in [-0.15, -0.1) is 0 Å². The normalized spacial score (nSPS) is 18.8. The summed E-state index contributed by atoms with van der Waals surface area (Å²) in [5.41, 5.74) is 3.81. The predicted molar refractivity (Wildman–Crippen MR) is 96.9 cm³/mol. The summed E-state index contributed by atoms with van der Waals surface area (Å²) < 4.78 is 20.5. The Hall–Kier alpha value is -2.96. The van der Waals surface area contributed by atoms with E-state index >= 15 is 0 Å². The van der Waals surface area contributed by atoms with E-state index in [-0.39, 0.29) is 5.91 Å². The lowest BCUT2D eigenvalue weighted by Crippen LogP contribution is -2.15. The second kappa shape index (κ2) is 6.09. The summed E-state index contributed by atoms with van der Waals surface area (Å²) in [6.07, 6.45) is 2.67. The highest BCUT2D eigenvalue weighted by molar-refractivity contribution is 5.98. The minimum Gasteiger partial charge on any atom is -0.481 e. The first-order valence-electron chi connectivity index (χ1n) is 8.40. The molecule has 0 aromatic carbocycles. The van der Waals surface area contributed by atoms with E-state index in [0.717, 1.165) is 27.7 Å². The number of methoxy groups -OCH3 is 1. The summed E-state index contributed by atoms with van der Waals surface area (Å²) in [5.74, 6) is 0.123. The van der Waals surface area contributed by atoms with Gasteiger partial charge in [-0.2, -0.15) is 0 Å². The number of amides is 1. The summed E-state index contributed by atoms with van der Waals surface area (Å²) in [7, 11) is 3.55. The van der Waals surface area contributed by atoms with Gasteiger partial charge in [0.25, 0.3) is 0 Å². The lowest BCUT2D eigenvalue weighted by Gasteiger charge is -2.09. The van der Waals surface area contributed by atoms with Crippen molar-refractivity contribution in [3.8, 4) is 17.1 Å². The lowest BCUT2D eigenvalue weighted by atomic mass is 10.1. The molecule has 3 heterocycles. The molecule has 1 saturated carbocycles. The molecule has 1 fully saturated rings. The average Bonchev–Trinajstić information content (AvgIpc) is 3.33. The van der Waals surface area contributed by atoms with Crippen molar-refractivity contribution in [2.45, 2.75) is 19.5 Å². The Labute approximate surface area is 150 Å². The fourth-order valence-corrected chi connectivity index (χ4v) is 3.35. The van der Waals surface area contributed by atoms with Crippen molar-refractivity contribution in [1.82, 2.24) is 14.5 Å². The standard InChI is InChI=1S/C19H19FN4O2/c1-10-12-8-16(23-18(25)13-7-14(13)20)22-9-15(12)24(2)17(10)11-5-4-6-21-19(11)26-3/h4-6,8-9,13-14H,7H2,1-3H3,(H,22,23,25). The number of carbonyl (C=O) groups is 1. The molecule has 0 saturated heterocycles. The molecular formula is C19H19FN4O2. The van der Waals surface area contributed by atoms with Gasteiger partial charge >= 0.3 is 0 Å². The van der Waals surface area contributed by atoms with Gasteiger partial charge in [-0.1, -0.05) is 0 Å². The molecule has 4 rings (SSSR count). The monoisotopic (exact) mass is 354 g/mol. The number of alkyl halides is 1. The fraction of sp³-hybridized carbons (Fsp3) is 0.316. The zero-order valence-electron chi connectivity index (χ0n) is 14.8. The van der Waals surface area contributed by atoms with Gasteiger partial charge in [-0.25, -0.2) is 14.4 Å². The molecule has 134 valence electrons. The van der Waals surface area contributed by atoms with E-state index in [1.54, 1.807) is 19.5 Å². The molecule has 1 N–H and O–H groups in total. The number of hydrogen-bond donors (Lipinski definition) is 1. The highest BCUT2D eigenvalue weighted by Crippen LogP contribution is 2.37. The first-order chi connectivity index (χ1) is 12.5. The van der Waals surface area contributed by atoms with Crippen molar-refractivity contribution in [1.29, 1.82) is 0 Å². The Morgan fingerprint density at radius 3 is 2.88 bits per heavy atom. The third-order valence-electron chi connectivity index (χ3n) is 4.86. The van der Waals surface area contributed by atoms with Gasteiger partial charge in [0, 0.05) is 18.6 Å². The van der Waals surface area contributed by atoms with Crippen LogP contribution in [0.2, 0.25) is 0 Å². The number of nitrogens with zero attached hydrogens (tertiary/aromatic N) is 3. The number of aryl methyl sites for hydroxylation is 2. The predicted octanol–water partition coefficient (Wildman–Crippen LogP) is 3.25. The lowest BCUT2D eigenvalue weighted by molar-refractivity contribution is -0.117. The van der Waals surface area contributed by atoms with Crippen molar-refractivity contribution in [2.24, 2.45) is 13.0 Å². The molecule has 1 amide bonds. The number of nitrogens with one attached hydrogen (secondary N) is 1. The molecule has 6 nitrogen and oxygen atoms in total. The number of anilines is 1. The van der Waals surface area contributed by atoms with Crippen molar-refractivity contribution in [3.05, 3.63) is 36.2 Å². The van der Waals surface area contributed by atoms with Gasteiger partial charge in [-0.3, -0.25) is 4.79 Å². The van der Waals surface area contributed by atoms with Crippen LogP contribution in [0.4, 0.5) is 10.2 Å². The van der Waals surface area contributed by atoms with Crippen LogP contribution in [0.1, 0.15) is 12.0 Å². The molecule has 1 aliphatic rings. The summed E-state index contributed by atoms with van der Waals surface area (Å²) in [4.78, 5) is 20.5. The van der Waals surface area contributed by atoms with Crippen LogP contribution < -0.4 is 10.1 Å². The number of pyridine rings is 2. The van der Waals surface area contributed by atoms with E-state index in [2.05, 4.69) is 15.3 Å². The Morgan fingerprint density at radius 2 is 2.19 bits per heavy atom. The van der Waals surface area contributed by atoms with Crippen LogP contribution in [0.3, 0.4) is 0 Å². The molecule has 1 aliphatic carbocycles. The first kappa shape index (κ1) is 16.5. The zero-order valence-corrected chi connectivity index (χ0v) is 14.8. The van der Waals surface area contributed by atoms with E-state index in [1.165, 1.54) is 0 Å². The third-order valence-corrected chi connectivity index (χ3v) is 4.86. The minimum atomic E-state index is -1.03. The maximum atomic E-state index is 13.1. The van der Waals surface area contributed by atoms with Gasteiger partial charge in [-0.05, 0) is 37.1 Å². The molecule has 0 spiro atoms. The molecule has 3 aromatic rings. The number of hydrogen-bond acceptors (Lipinski definition) is 4. The van der Waals surface area contributed by atoms with E-state index in [4.69, 9.17) is 4.74 Å². The van der Waals surface area contributed by atoms with E-state index in [0.29, 0.717) is 18.1 Å². The second-order valence-corrected chi connectivity index (χ2v) is 6.53. The number of aromatic nitrogens is 3. The van der Waals surface area contributed by atoms with Crippen LogP contribution in [0.5, 0.6) is 5.88 Å². The summed E-state index contributed by atoms with van der Waals surface area (Å²) in [6, 6.07) is 5.64. The van der Waals surface area contributed by atoms with Crippen molar-refractivity contribution in [3.63, 3.8) is 0 Å². The molecule has 0 radical (unpaired) electrons. The van der Waals surface area contributed by atoms with Crippen LogP contribution in [0.15, 0.2) is 30.6 Å². The Morgan fingerprint density at radius 1 is 1.42 bits per heavy atom. The third kappa shape index (κ3) is 2.60. The number of fused-ring (bicyclic) bond motifs is 1. The van der Waals surface area contributed by atoms with Gasteiger partial charge in [0.05, 0.1) is 36.0 Å². The Kier molecular flexibility index (Phi) is 3.86. The maximum absolute atomic E-state index is 13.1. The van der Waals surface area contributed by atoms with Gasteiger partial charge in [0.1, 0.15) is 12.0 Å². The van der Waals surface area contributed by atoms with Gasteiger partial charge < -0.3 is 14.6 Å². The molecule has 7 heteroatoms. The molecule has 0 bridgehead atoms. The van der Waals surface area contributed by atoms with Crippen LogP contribution in [-0.2, 0) is 11.8 Å². The Bertz CT molecular complexity index is 1010. The second-order valence-electron chi connectivity index (χ2n) is 6.53. The quantitative estimate of drug-likeness (QED) is 0.781. The number of carbonyl (C=O) groups excluding carboxylic acids is 1. The summed E-state index contributed by atoms with van der Waals surface area (Å²) in [5, 5.41) is 3.67. The Balaban J connectivity index is 1.77. The molecule has 0 aliphatic heterocycles. The van der Waals surface area contributed by atoms with Crippen molar-refractivity contribution in [2.75, 3.05) is 12.4 Å². The van der Waals surface area contributed by atoms with Gasteiger partial charge in [0.15, 0.2) is 0 Å². The van der Waals surface area contributed by atoms with Crippen molar-refractivity contribution >= 4 is 22.6 Å². The molecule has 2 atom stereocenters. The molecule has 3 aromatic heterocycles. The van der Waals surface area contributed by atoms with E-state index in [1.807, 2.05) is 36.7 Å². The fourth-order valence-electron chi connectivity index (χ4n) is 3.35. The number of halogens is 1. The van der Waals surface area contributed by atoms with Gasteiger partial charge in [0.2, 0.25) is 11.8 Å². The van der Waals surface area contributed by atoms with Crippen LogP contribution in [0, 0.1) is 12.8 Å². The average molecular weight is 354 g/mol. The summed E-state index contributed by atoms with van der Waals surface area (Å²) in [6.45, 7) is 2.01. The highest BCUT2D eigenvalue weighted by atomic mass is 19.1. The van der Waals surface area contributed by atoms with Crippen molar-refractivity contribution < 1.29 is 13.9 Å². The SMILES string of the molecule is COc1ncccc1-c1c(C)c2cc(NC(=O)C3CC3F)ncc2n1C. The largest absolute Gasteiger partial charge is 0.481 e. The highest BCUT2D eigenvalue weighted by Gasteiger charge is 2.43. The summed E-state index contributed by atoms with van der Waals surface area (Å²) >= 11 is 0. The number of rotatable bonds is 4. The minimum absolute atomic E-state index is 0.295. The zero-order chi connectivity index (χ0) is 18.4. The smallest absolute Gasteiger partial charge is 0.231 e. The van der Waals surface area contributed by atoms with Crippen LogP contribution >= 0.6 is 0 Å². The number of ether oxygens (including phenoxy) is 1. The van der Waals surface area contributed by atoms with E-state index < -0.39 is 12.1 Å². The molecule has 2 unspecified atom stereocenters. The topological polar surface area (TPSA) is 69.0 Å². The first-order valence-corrected chi connectivity index (χ1v) is 8.40. The van der Waals surface area contributed by atoms with Crippen LogP contribution in [-0.4, -0.2) is 33.7 Å². The maximum Gasteiger partial charge on any atom is 0.231 e. The molecule has 26 heavy (non-hydrogen) atoms.